The van der Waals surface area contributed by atoms with Gasteiger partial charge in [0.2, 0.25) is 0 Å². The Morgan fingerprint density at radius 3 is 3.13 bits per heavy atom. The summed E-state index contributed by atoms with van der Waals surface area (Å²) < 4.78 is 0.940. The molecule has 1 fully saturated rings. The molecule has 0 radical (unpaired) electrons. The molecule has 2 heterocycles. The second-order valence-electron chi connectivity index (χ2n) is 3.68. The van der Waals surface area contributed by atoms with E-state index in [0.717, 1.165) is 23.3 Å². The van der Waals surface area contributed by atoms with Crippen LogP contribution >= 0.6 is 27.5 Å². The molecule has 1 aromatic heterocycles. The number of rotatable bonds is 2. The average molecular weight is 291 g/mol. The third kappa shape index (κ3) is 2.27. The first-order valence-electron chi connectivity index (χ1n) is 5.00. The maximum absolute atomic E-state index is 5.86. The fourth-order valence-electron chi connectivity index (χ4n) is 1.98. The van der Waals surface area contributed by atoms with Crippen LogP contribution in [0.25, 0.3) is 0 Å². The Morgan fingerprint density at radius 2 is 2.47 bits per heavy atom. The number of aromatic nitrogens is 1. The van der Waals surface area contributed by atoms with Crippen molar-refractivity contribution in [2.45, 2.75) is 18.9 Å². The van der Waals surface area contributed by atoms with Gasteiger partial charge in [-0.05, 0) is 34.8 Å². The summed E-state index contributed by atoms with van der Waals surface area (Å²) in [6.45, 7) is 1.70. The Balaban J connectivity index is 2.28. The monoisotopic (exact) mass is 289 g/mol. The molecular weight excluding hydrogens is 277 g/mol. The van der Waals surface area contributed by atoms with Crippen LogP contribution in [-0.2, 0) is 0 Å². The Bertz CT molecular complexity index is 359. The summed E-state index contributed by atoms with van der Waals surface area (Å²) in [6.07, 6.45) is 4.00. The molecule has 1 atom stereocenters. The average Bonchev–Trinajstić information content (AvgIpc) is 2.65. The lowest BCUT2D eigenvalue weighted by molar-refractivity contribution is 0.670. The van der Waals surface area contributed by atoms with Crippen LogP contribution in [0.3, 0.4) is 0 Å². The van der Waals surface area contributed by atoms with E-state index in [1.807, 2.05) is 6.07 Å². The van der Waals surface area contributed by atoms with E-state index in [9.17, 15) is 0 Å². The van der Waals surface area contributed by atoms with Crippen LogP contribution in [0.5, 0.6) is 0 Å². The number of nitrogens with zero attached hydrogens (tertiary/aromatic N) is 2. The van der Waals surface area contributed by atoms with Crippen LogP contribution in [0.4, 0.5) is 5.82 Å². The van der Waals surface area contributed by atoms with Gasteiger partial charge in [-0.25, -0.2) is 4.98 Å². The molecule has 0 spiro atoms. The van der Waals surface area contributed by atoms with Crippen LogP contribution in [0.2, 0.25) is 5.02 Å². The summed E-state index contributed by atoms with van der Waals surface area (Å²) in [4.78, 5) is 6.60. The third-order valence-corrected chi connectivity index (χ3v) is 3.50. The maximum Gasteiger partial charge on any atom is 0.143 e. The second kappa shape index (κ2) is 4.68. The quantitative estimate of drug-likeness (QED) is 0.909. The van der Waals surface area contributed by atoms with E-state index in [2.05, 4.69) is 25.8 Å². The Hall–Kier alpha value is -0.320. The first-order chi connectivity index (χ1) is 7.22. The van der Waals surface area contributed by atoms with E-state index >= 15 is 0 Å². The number of hydrogen-bond donors (Lipinski definition) is 1. The summed E-state index contributed by atoms with van der Waals surface area (Å²) in [5.41, 5.74) is 5.73. The highest BCUT2D eigenvalue weighted by atomic mass is 79.9. The van der Waals surface area contributed by atoms with Crippen molar-refractivity contribution in [3.05, 3.63) is 21.8 Å². The van der Waals surface area contributed by atoms with Gasteiger partial charge in [0.1, 0.15) is 5.82 Å². The van der Waals surface area contributed by atoms with Gasteiger partial charge in [-0.15, -0.1) is 0 Å². The minimum absolute atomic E-state index is 0.412. The number of nitrogens with two attached hydrogens (primary N) is 1. The highest BCUT2D eigenvalue weighted by Gasteiger charge is 2.25. The zero-order chi connectivity index (χ0) is 10.8. The van der Waals surface area contributed by atoms with Gasteiger partial charge in [0.25, 0.3) is 0 Å². The number of anilines is 1. The van der Waals surface area contributed by atoms with Crippen molar-refractivity contribution in [2.24, 2.45) is 5.73 Å². The molecule has 0 bridgehead atoms. The molecule has 1 aliphatic heterocycles. The zero-order valence-corrected chi connectivity index (χ0v) is 10.6. The van der Waals surface area contributed by atoms with E-state index in [1.165, 1.54) is 6.42 Å². The van der Waals surface area contributed by atoms with E-state index in [0.29, 0.717) is 17.6 Å². The predicted molar refractivity (Wildman–Crippen MR) is 66.4 cm³/mol. The highest BCUT2D eigenvalue weighted by Crippen LogP contribution is 2.31. The largest absolute Gasteiger partial charge is 0.351 e. The van der Waals surface area contributed by atoms with Gasteiger partial charge in [0.15, 0.2) is 0 Å². The van der Waals surface area contributed by atoms with Crippen molar-refractivity contribution in [1.82, 2.24) is 4.98 Å². The minimum Gasteiger partial charge on any atom is -0.351 e. The fourth-order valence-corrected chi connectivity index (χ4v) is 2.84. The summed E-state index contributed by atoms with van der Waals surface area (Å²) in [5.74, 6) is 0.951. The summed E-state index contributed by atoms with van der Waals surface area (Å²) in [6, 6.07) is 2.28. The van der Waals surface area contributed by atoms with Crippen molar-refractivity contribution >= 4 is 33.3 Å². The number of pyridine rings is 1. The van der Waals surface area contributed by atoms with Gasteiger partial charge in [-0.2, -0.15) is 0 Å². The second-order valence-corrected chi connectivity index (χ2v) is 4.97. The molecule has 82 valence electrons. The Labute approximate surface area is 103 Å². The van der Waals surface area contributed by atoms with E-state index in [-0.39, 0.29) is 0 Å². The summed E-state index contributed by atoms with van der Waals surface area (Å²) in [7, 11) is 0. The van der Waals surface area contributed by atoms with Crippen LogP contribution in [-0.4, -0.2) is 24.1 Å². The van der Waals surface area contributed by atoms with Crippen molar-refractivity contribution in [3.63, 3.8) is 0 Å². The van der Waals surface area contributed by atoms with Crippen molar-refractivity contribution in [3.8, 4) is 0 Å². The van der Waals surface area contributed by atoms with Crippen LogP contribution < -0.4 is 10.6 Å². The Kier molecular flexibility index (Phi) is 3.49. The van der Waals surface area contributed by atoms with E-state index < -0.39 is 0 Å². The van der Waals surface area contributed by atoms with E-state index in [1.54, 1.807) is 6.20 Å². The first kappa shape index (κ1) is 11.2. The molecule has 1 unspecified atom stereocenters. The molecule has 5 heteroatoms. The van der Waals surface area contributed by atoms with Crippen molar-refractivity contribution < 1.29 is 0 Å². The molecule has 1 aromatic rings. The Morgan fingerprint density at radius 1 is 1.67 bits per heavy atom. The molecule has 0 amide bonds. The molecule has 15 heavy (non-hydrogen) atoms. The van der Waals surface area contributed by atoms with Gasteiger partial charge in [-0.1, -0.05) is 11.6 Å². The lowest BCUT2D eigenvalue weighted by atomic mass is 10.2. The standard InChI is InChI=1S/C10H13BrClN3/c11-9-4-7(12)6-14-10(9)15-3-1-2-8(15)5-13/h4,6,8H,1-3,5,13H2. The molecule has 2 rings (SSSR count). The van der Waals surface area contributed by atoms with Crippen LogP contribution in [0.15, 0.2) is 16.7 Å². The predicted octanol–water partition coefficient (Wildman–Crippen LogP) is 2.42. The normalized spacial score (nSPS) is 21.0. The molecule has 0 aromatic carbocycles. The number of hydrogen-bond acceptors (Lipinski definition) is 3. The molecule has 2 N–H and O–H groups in total. The zero-order valence-electron chi connectivity index (χ0n) is 8.29. The fraction of sp³-hybridized carbons (Fsp3) is 0.500. The topological polar surface area (TPSA) is 42.1 Å². The molecule has 1 saturated heterocycles. The molecule has 3 nitrogen and oxygen atoms in total. The van der Waals surface area contributed by atoms with Gasteiger partial charge in [-0.3, -0.25) is 0 Å². The SMILES string of the molecule is NCC1CCCN1c1ncc(Cl)cc1Br. The molecule has 0 saturated carbocycles. The lowest BCUT2D eigenvalue weighted by Gasteiger charge is -2.25. The lowest BCUT2D eigenvalue weighted by Crippen LogP contribution is -2.36. The smallest absolute Gasteiger partial charge is 0.143 e. The van der Waals surface area contributed by atoms with Crippen molar-refractivity contribution in [1.29, 1.82) is 0 Å². The molecular formula is C10H13BrClN3. The van der Waals surface area contributed by atoms with Crippen molar-refractivity contribution in [2.75, 3.05) is 18.0 Å². The van der Waals surface area contributed by atoms with Crippen LogP contribution in [0.1, 0.15) is 12.8 Å². The van der Waals surface area contributed by atoms with E-state index in [4.69, 9.17) is 17.3 Å². The van der Waals surface area contributed by atoms with Crippen LogP contribution in [0, 0.1) is 0 Å². The molecule has 1 aliphatic rings. The summed E-state index contributed by atoms with van der Waals surface area (Å²) in [5, 5.41) is 0.647. The van der Waals surface area contributed by atoms with Gasteiger partial charge >= 0.3 is 0 Å². The van der Waals surface area contributed by atoms with Gasteiger partial charge in [0.05, 0.1) is 9.50 Å². The summed E-state index contributed by atoms with van der Waals surface area (Å²) >= 11 is 9.34. The highest BCUT2D eigenvalue weighted by molar-refractivity contribution is 9.10. The molecule has 0 aliphatic carbocycles. The minimum atomic E-state index is 0.412. The number of halogens is 2. The van der Waals surface area contributed by atoms with Gasteiger partial charge in [0, 0.05) is 25.3 Å². The third-order valence-electron chi connectivity index (χ3n) is 2.71. The first-order valence-corrected chi connectivity index (χ1v) is 6.17. The maximum atomic E-state index is 5.86. The van der Waals surface area contributed by atoms with Gasteiger partial charge < -0.3 is 10.6 Å².